The molecule has 0 bridgehead atoms. The summed E-state index contributed by atoms with van der Waals surface area (Å²) in [5, 5.41) is 10.1. The van der Waals surface area contributed by atoms with E-state index in [0.29, 0.717) is 37.4 Å². The van der Waals surface area contributed by atoms with Gasteiger partial charge in [0.25, 0.3) is 0 Å². The summed E-state index contributed by atoms with van der Waals surface area (Å²) in [5.41, 5.74) is 1.04. The van der Waals surface area contributed by atoms with Crippen molar-refractivity contribution in [1.29, 1.82) is 0 Å². The van der Waals surface area contributed by atoms with E-state index >= 15 is 0 Å². The lowest BCUT2D eigenvalue weighted by atomic mass is 10.1. The van der Waals surface area contributed by atoms with E-state index in [1.54, 1.807) is 22.0 Å². The van der Waals surface area contributed by atoms with Crippen LogP contribution in [0.1, 0.15) is 31.6 Å². The van der Waals surface area contributed by atoms with Gasteiger partial charge >= 0.3 is 0 Å². The van der Waals surface area contributed by atoms with Crippen molar-refractivity contribution in [3.8, 4) is 0 Å². The van der Waals surface area contributed by atoms with E-state index in [-0.39, 0.29) is 18.4 Å². The van der Waals surface area contributed by atoms with Gasteiger partial charge < -0.3 is 19.5 Å². The molecule has 3 rings (SSSR count). The Kier molecular flexibility index (Phi) is 5.74. The number of aliphatic hydroxyl groups excluding tert-OH is 1. The van der Waals surface area contributed by atoms with Crippen LogP contribution in [0.3, 0.4) is 0 Å². The summed E-state index contributed by atoms with van der Waals surface area (Å²) in [4.78, 5) is 20.2. The Hall–Kier alpha value is -2.48. The van der Waals surface area contributed by atoms with Crippen LogP contribution in [-0.4, -0.2) is 51.1 Å². The topological polar surface area (TPSA) is 61.6 Å². The number of piperazine rings is 1. The van der Waals surface area contributed by atoms with Crippen molar-refractivity contribution in [2.45, 2.75) is 31.9 Å². The number of imidazole rings is 1. The molecule has 1 N–H and O–H groups in total. The first-order valence-corrected chi connectivity index (χ1v) is 9.00. The summed E-state index contributed by atoms with van der Waals surface area (Å²) in [6.07, 6.45) is 3.09. The fourth-order valence-electron chi connectivity index (χ4n) is 3.44. The molecule has 2 atom stereocenters. The Bertz CT molecular complexity index is 791. The van der Waals surface area contributed by atoms with Gasteiger partial charge in [0.2, 0.25) is 5.91 Å². The van der Waals surface area contributed by atoms with Crippen molar-refractivity contribution in [3.63, 3.8) is 0 Å². The summed E-state index contributed by atoms with van der Waals surface area (Å²) in [5.74, 6) is -1.26. The molecule has 1 aliphatic heterocycles. The normalized spacial score (nSPS) is 18.6. The second-order valence-corrected chi connectivity index (χ2v) is 7.03. The fourth-order valence-corrected chi connectivity index (χ4v) is 3.44. The zero-order chi connectivity index (χ0) is 19.6. The Morgan fingerprint density at radius 1 is 1.30 bits per heavy atom. The number of aliphatic hydroxyl groups is 1. The quantitative estimate of drug-likeness (QED) is 0.867. The summed E-state index contributed by atoms with van der Waals surface area (Å²) >= 11 is 0. The smallest absolute Gasteiger partial charge is 0.222 e. The van der Waals surface area contributed by atoms with Crippen molar-refractivity contribution in [3.05, 3.63) is 48.1 Å². The van der Waals surface area contributed by atoms with Crippen LogP contribution < -0.4 is 4.90 Å². The maximum Gasteiger partial charge on any atom is 0.222 e. The Morgan fingerprint density at radius 3 is 2.59 bits per heavy atom. The summed E-state index contributed by atoms with van der Waals surface area (Å²) < 4.78 is 28.7. The predicted octanol–water partition coefficient (Wildman–Crippen LogP) is 2.25. The minimum Gasteiger partial charge on any atom is -0.387 e. The highest BCUT2D eigenvalue weighted by molar-refractivity contribution is 5.76. The Labute approximate surface area is 157 Å². The molecule has 2 aromatic rings. The van der Waals surface area contributed by atoms with Crippen LogP contribution in [0.2, 0.25) is 0 Å². The zero-order valence-electron chi connectivity index (χ0n) is 15.5. The number of anilines is 1. The van der Waals surface area contributed by atoms with Crippen LogP contribution >= 0.6 is 0 Å². The van der Waals surface area contributed by atoms with Gasteiger partial charge in [-0.1, -0.05) is 0 Å². The van der Waals surface area contributed by atoms with Gasteiger partial charge in [0.05, 0.1) is 18.1 Å². The van der Waals surface area contributed by atoms with Gasteiger partial charge in [0, 0.05) is 57.1 Å². The second-order valence-electron chi connectivity index (χ2n) is 7.03. The first-order valence-electron chi connectivity index (χ1n) is 9.00. The van der Waals surface area contributed by atoms with Gasteiger partial charge in [0.15, 0.2) is 0 Å². The molecule has 1 aromatic carbocycles. The summed E-state index contributed by atoms with van der Waals surface area (Å²) in [6, 6.07) is 3.39. The van der Waals surface area contributed by atoms with E-state index < -0.39 is 17.7 Å². The number of hydrogen-bond acceptors (Lipinski definition) is 4. The minimum absolute atomic E-state index is 0.0399. The van der Waals surface area contributed by atoms with Crippen LogP contribution in [0.5, 0.6) is 0 Å². The number of nitrogens with zero attached hydrogens (tertiary/aromatic N) is 4. The summed E-state index contributed by atoms with van der Waals surface area (Å²) in [6.45, 7) is 3.36. The predicted molar refractivity (Wildman–Crippen MR) is 97.1 cm³/mol. The molecule has 146 valence electrons. The third-order valence-electron chi connectivity index (χ3n) is 4.86. The molecule has 8 heteroatoms. The SMILES string of the molecule is C[C@H]1CN(C(=O)CCC(O)c2cn(C)cn2)CCN1c1cc(F)cc(F)c1. The number of hydrogen-bond donors (Lipinski definition) is 1. The van der Waals surface area contributed by atoms with Crippen LogP contribution in [0, 0.1) is 11.6 Å². The lowest BCUT2D eigenvalue weighted by Gasteiger charge is -2.41. The Balaban J connectivity index is 1.54. The maximum absolute atomic E-state index is 13.5. The average Bonchev–Trinajstić information content (AvgIpc) is 3.05. The fraction of sp³-hybridized carbons (Fsp3) is 0.474. The molecule has 0 aliphatic carbocycles. The minimum atomic E-state index is -0.774. The van der Waals surface area contributed by atoms with E-state index in [4.69, 9.17) is 0 Å². The highest BCUT2D eigenvalue weighted by atomic mass is 19.1. The average molecular weight is 378 g/mol. The molecule has 1 unspecified atom stereocenters. The molecule has 2 heterocycles. The van der Waals surface area contributed by atoms with E-state index in [2.05, 4.69) is 4.98 Å². The van der Waals surface area contributed by atoms with Crippen LogP contribution in [-0.2, 0) is 11.8 Å². The maximum atomic E-state index is 13.5. The van der Waals surface area contributed by atoms with Gasteiger partial charge in [-0.15, -0.1) is 0 Å². The van der Waals surface area contributed by atoms with Crippen molar-refractivity contribution >= 4 is 11.6 Å². The second kappa shape index (κ2) is 8.04. The van der Waals surface area contributed by atoms with Crippen LogP contribution in [0.4, 0.5) is 14.5 Å². The third kappa shape index (κ3) is 4.63. The van der Waals surface area contributed by atoms with E-state index in [9.17, 15) is 18.7 Å². The van der Waals surface area contributed by atoms with Gasteiger partial charge in [-0.05, 0) is 25.5 Å². The number of carbonyl (C=O) groups is 1. The highest BCUT2D eigenvalue weighted by Crippen LogP contribution is 2.24. The van der Waals surface area contributed by atoms with Crippen molar-refractivity contribution in [2.75, 3.05) is 24.5 Å². The summed E-state index contributed by atoms with van der Waals surface area (Å²) in [7, 11) is 1.82. The molecule has 1 fully saturated rings. The van der Waals surface area contributed by atoms with Gasteiger partial charge in [-0.2, -0.15) is 0 Å². The number of aryl methyl sites for hydroxylation is 1. The molecule has 27 heavy (non-hydrogen) atoms. The Morgan fingerprint density at radius 2 is 2.00 bits per heavy atom. The highest BCUT2D eigenvalue weighted by Gasteiger charge is 2.27. The molecule has 1 aliphatic rings. The molecule has 1 aromatic heterocycles. The molecular weight excluding hydrogens is 354 g/mol. The van der Waals surface area contributed by atoms with Gasteiger partial charge in [0.1, 0.15) is 11.6 Å². The molecule has 0 radical (unpaired) electrons. The third-order valence-corrected chi connectivity index (χ3v) is 4.86. The molecule has 6 nitrogen and oxygen atoms in total. The number of amides is 1. The lowest BCUT2D eigenvalue weighted by Crippen LogP contribution is -2.53. The van der Waals surface area contributed by atoms with E-state index in [1.165, 1.54) is 12.1 Å². The standard InChI is InChI=1S/C19H24F2N4O2/c1-13-10-24(5-6-25(13)16-8-14(20)7-15(21)9-16)19(27)4-3-18(26)17-11-23(2)12-22-17/h7-9,11-13,18,26H,3-6,10H2,1-2H3/t13-,18?/m0/s1. The lowest BCUT2D eigenvalue weighted by molar-refractivity contribution is -0.132. The van der Waals surface area contributed by atoms with Crippen LogP contribution in [0.15, 0.2) is 30.7 Å². The number of halogens is 2. The molecule has 0 spiro atoms. The molecule has 1 amide bonds. The number of rotatable bonds is 5. The zero-order valence-corrected chi connectivity index (χ0v) is 15.5. The van der Waals surface area contributed by atoms with Crippen molar-refractivity contribution < 1.29 is 18.7 Å². The number of benzene rings is 1. The van der Waals surface area contributed by atoms with Crippen molar-refractivity contribution in [1.82, 2.24) is 14.5 Å². The monoisotopic (exact) mass is 378 g/mol. The van der Waals surface area contributed by atoms with E-state index in [1.807, 2.05) is 18.9 Å². The van der Waals surface area contributed by atoms with Gasteiger partial charge in [-0.25, -0.2) is 13.8 Å². The number of carbonyl (C=O) groups excluding carboxylic acids is 1. The van der Waals surface area contributed by atoms with Crippen LogP contribution in [0.25, 0.3) is 0 Å². The van der Waals surface area contributed by atoms with Gasteiger partial charge in [-0.3, -0.25) is 4.79 Å². The largest absolute Gasteiger partial charge is 0.387 e. The molecular formula is C19H24F2N4O2. The van der Waals surface area contributed by atoms with Crippen molar-refractivity contribution in [2.24, 2.45) is 7.05 Å². The molecule has 1 saturated heterocycles. The first-order chi connectivity index (χ1) is 12.8. The van der Waals surface area contributed by atoms with E-state index in [0.717, 1.165) is 6.07 Å². The number of aromatic nitrogens is 2. The molecule has 0 saturated carbocycles. The first kappa shape index (κ1) is 19.3.